The first-order chi connectivity index (χ1) is 8.50. The molecule has 1 unspecified atom stereocenters. The van der Waals surface area contributed by atoms with Gasteiger partial charge in [-0.15, -0.1) is 11.3 Å². The van der Waals surface area contributed by atoms with Crippen LogP contribution in [0.1, 0.15) is 35.9 Å². The van der Waals surface area contributed by atoms with E-state index in [1.807, 2.05) is 6.92 Å². The number of likely N-dealkylation sites (tertiary alicyclic amines) is 1. The molecule has 2 rings (SSSR count). The maximum atomic E-state index is 12.3. The molecule has 0 radical (unpaired) electrons. The molecule has 1 atom stereocenters. The molecular formula is C11H13ClN2O3S. The van der Waals surface area contributed by atoms with Crippen LogP contribution >= 0.6 is 22.9 Å². The molecule has 0 N–H and O–H groups in total. The zero-order valence-electron chi connectivity index (χ0n) is 9.89. The van der Waals surface area contributed by atoms with Gasteiger partial charge in [-0.2, -0.15) is 0 Å². The summed E-state index contributed by atoms with van der Waals surface area (Å²) in [6, 6.07) is 1.46. The number of carbonyl (C=O) groups excluding carboxylic acids is 1. The molecule has 7 heteroatoms. The molecule has 98 valence electrons. The van der Waals surface area contributed by atoms with E-state index in [2.05, 4.69) is 0 Å². The SMILES string of the molecule is CC1CCCCN1C(=O)c1cc([N+](=O)[O-])c(Cl)s1. The van der Waals surface area contributed by atoms with E-state index in [0.29, 0.717) is 11.4 Å². The second kappa shape index (κ2) is 5.24. The standard InChI is InChI=1S/C11H13ClN2O3S/c1-7-4-2-3-5-13(7)11(15)9-6-8(14(16)17)10(12)18-9/h6-7H,2-5H2,1H3. The molecule has 5 nitrogen and oxygen atoms in total. The van der Waals surface area contributed by atoms with Crippen molar-refractivity contribution in [3.8, 4) is 0 Å². The highest BCUT2D eigenvalue weighted by Crippen LogP contribution is 2.35. The number of amides is 1. The van der Waals surface area contributed by atoms with E-state index in [4.69, 9.17) is 11.6 Å². The topological polar surface area (TPSA) is 63.5 Å². The van der Waals surface area contributed by atoms with E-state index in [0.717, 1.165) is 30.6 Å². The highest BCUT2D eigenvalue weighted by atomic mass is 35.5. The van der Waals surface area contributed by atoms with E-state index in [-0.39, 0.29) is 22.0 Å². The molecule has 1 aromatic rings. The monoisotopic (exact) mass is 288 g/mol. The fourth-order valence-electron chi connectivity index (χ4n) is 2.13. The van der Waals surface area contributed by atoms with Gasteiger partial charge in [-0.25, -0.2) is 0 Å². The van der Waals surface area contributed by atoms with Crippen LogP contribution < -0.4 is 0 Å². The van der Waals surface area contributed by atoms with Gasteiger partial charge in [-0.1, -0.05) is 11.6 Å². The fourth-order valence-corrected chi connectivity index (χ4v) is 3.31. The summed E-state index contributed by atoms with van der Waals surface area (Å²) in [4.78, 5) is 24.5. The minimum Gasteiger partial charge on any atom is -0.335 e. The van der Waals surface area contributed by atoms with Crippen molar-refractivity contribution >= 4 is 34.5 Å². The predicted molar refractivity (Wildman–Crippen MR) is 70.3 cm³/mol. The third-order valence-corrected chi connectivity index (χ3v) is 4.47. The Hall–Kier alpha value is -1.14. The van der Waals surface area contributed by atoms with E-state index in [9.17, 15) is 14.9 Å². The number of piperidine rings is 1. The van der Waals surface area contributed by atoms with Crippen molar-refractivity contribution in [3.63, 3.8) is 0 Å². The summed E-state index contributed by atoms with van der Waals surface area (Å²) in [6.45, 7) is 2.71. The number of nitrogens with zero attached hydrogens (tertiary/aromatic N) is 2. The first-order valence-corrected chi connectivity index (χ1v) is 6.95. The third kappa shape index (κ3) is 2.49. The van der Waals surface area contributed by atoms with Gasteiger partial charge in [0.1, 0.15) is 4.88 Å². The smallest absolute Gasteiger partial charge is 0.299 e. The van der Waals surface area contributed by atoms with Crippen molar-refractivity contribution in [2.45, 2.75) is 32.2 Å². The highest BCUT2D eigenvalue weighted by molar-refractivity contribution is 7.18. The molecule has 0 spiro atoms. The summed E-state index contributed by atoms with van der Waals surface area (Å²) in [7, 11) is 0. The normalized spacial score (nSPS) is 19.9. The van der Waals surface area contributed by atoms with E-state index in [1.165, 1.54) is 6.07 Å². The van der Waals surface area contributed by atoms with Gasteiger partial charge < -0.3 is 4.90 Å². The molecule has 1 aromatic heterocycles. The van der Waals surface area contributed by atoms with Gasteiger partial charge in [-0.3, -0.25) is 14.9 Å². The number of nitro groups is 1. The largest absolute Gasteiger partial charge is 0.335 e. The Labute approximate surface area is 113 Å². The van der Waals surface area contributed by atoms with E-state index >= 15 is 0 Å². The van der Waals surface area contributed by atoms with Crippen LogP contribution in [-0.4, -0.2) is 28.3 Å². The number of hydrogen-bond acceptors (Lipinski definition) is 4. The van der Waals surface area contributed by atoms with E-state index < -0.39 is 4.92 Å². The van der Waals surface area contributed by atoms with Crippen LogP contribution in [0.5, 0.6) is 0 Å². The minimum atomic E-state index is -0.560. The van der Waals surface area contributed by atoms with E-state index in [1.54, 1.807) is 4.90 Å². The van der Waals surface area contributed by atoms with Gasteiger partial charge in [0, 0.05) is 18.7 Å². The first-order valence-electron chi connectivity index (χ1n) is 5.75. The number of hydrogen-bond donors (Lipinski definition) is 0. The molecule has 0 saturated carbocycles. The number of carbonyl (C=O) groups is 1. The van der Waals surface area contributed by atoms with Gasteiger partial charge in [0.15, 0.2) is 4.34 Å². The Morgan fingerprint density at radius 2 is 2.33 bits per heavy atom. The average molecular weight is 289 g/mol. The Balaban J connectivity index is 2.23. The first kappa shape index (κ1) is 13.3. The predicted octanol–water partition coefficient (Wildman–Crippen LogP) is 3.32. The molecule has 0 bridgehead atoms. The van der Waals surface area contributed by atoms with Crippen LogP contribution in [0.3, 0.4) is 0 Å². The third-order valence-electron chi connectivity index (χ3n) is 3.14. The van der Waals surface area contributed by atoms with Crippen LogP contribution in [0.25, 0.3) is 0 Å². The highest BCUT2D eigenvalue weighted by Gasteiger charge is 2.28. The lowest BCUT2D eigenvalue weighted by molar-refractivity contribution is -0.384. The van der Waals surface area contributed by atoms with Crippen molar-refractivity contribution in [2.24, 2.45) is 0 Å². The molecule has 2 heterocycles. The molecule has 18 heavy (non-hydrogen) atoms. The lowest BCUT2D eigenvalue weighted by Gasteiger charge is -2.33. The van der Waals surface area contributed by atoms with Crippen LogP contribution in [-0.2, 0) is 0 Å². The zero-order valence-corrected chi connectivity index (χ0v) is 11.5. The maximum absolute atomic E-state index is 12.3. The summed E-state index contributed by atoms with van der Waals surface area (Å²) in [5, 5.41) is 10.7. The zero-order chi connectivity index (χ0) is 13.3. The van der Waals surface area contributed by atoms with Crippen molar-refractivity contribution in [3.05, 3.63) is 25.4 Å². The summed E-state index contributed by atoms with van der Waals surface area (Å²) < 4.78 is 0.0630. The quantitative estimate of drug-likeness (QED) is 0.619. The second-order valence-corrected chi connectivity index (χ2v) is 6.02. The maximum Gasteiger partial charge on any atom is 0.299 e. The lowest BCUT2D eigenvalue weighted by Crippen LogP contribution is -2.41. The Morgan fingerprint density at radius 1 is 1.61 bits per heavy atom. The minimum absolute atomic E-state index is 0.0630. The molecule has 1 aliphatic rings. The van der Waals surface area contributed by atoms with Crippen molar-refractivity contribution in [1.29, 1.82) is 0 Å². The number of rotatable bonds is 2. The van der Waals surface area contributed by atoms with Crippen molar-refractivity contribution < 1.29 is 9.72 Å². The summed E-state index contributed by atoms with van der Waals surface area (Å²) in [6.07, 6.45) is 3.08. The van der Waals surface area contributed by atoms with Crippen molar-refractivity contribution in [2.75, 3.05) is 6.54 Å². The molecule has 1 amide bonds. The summed E-state index contributed by atoms with van der Waals surface area (Å²) >= 11 is 6.74. The van der Waals surface area contributed by atoms with Crippen molar-refractivity contribution in [1.82, 2.24) is 4.90 Å². The fraction of sp³-hybridized carbons (Fsp3) is 0.545. The van der Waals surface area contributed by atoms with Crippen LogP contribution in [0, 0.1) is 10.1 Å². The molecule has 1 saturated heterocycles. The number of halogens is 1. The summed E-state index contributed by atoms with van der Waals surface area (Å²) in [5.41, 5.74) is -0.185. The second-order valence-electron chi connectivity index (χ2n) is 4.37. The Morgan fingerprint density at radius 3 is 2.89 bits per heavy atom. The van der Waals surface area contributed by atoms with Gasteiger partial charge in [0.25, 0.3) is 11.6 Å². The van der Waals surface area contributed by atoms with Gasteiger partial charge in [0.2, 0.25) is 0 Å². The van der Waals surface area contributed by atoms with Crippen LogP contribution in [0.2, 0.25) is 4.34 Å². The molecule has 0 aliphatic carbocycles. The molecular weight excluding hydrogens is 276 g/mol. The summed E-state index contributed by atoms with van der Waals surface area (Å²) in [5.74, 6) is -0.151. The van der Waals surface area contributed by atoms with Gasteiger partial charge in [-0.05, 0) is 26.2 Å². The Kier molecular flexibility index (Phi) is 3.87. The molecule has 0 aromatic carbocycles. The van der Waals surface area contributed by atoms with Gasteiger partial charge in [0.05, 0.1) is 4.92 Å². The Bertz CT molecular complexity index is 489. The van der Waals surface area contributed by atoms with Gasteiger partial charge >= 0.3 is 0 Å². The molecule has 1 aliphatic heterocycles. The molecule has 1 fully saturated rings. The average Bonchev–Trinajstić information content (AvgIpc) is 2.71. The van der Waals surface area contributed by atoms with Crippen LogP contribution in [0.4, 0.5) is 5.69 Å². The van der Waals surface area contributed by atoms with Crippen LogP contribution in [0.15, 0.2) is 6.07 Å². The lowest BCUT2D eigenvalue weighted by atomic mass is 10.0. The number of thiophene rings is 1.